The molecule has 3 aromatic rings. The number of halogens is 4. The number of ether oxygens (including phenoxy) is 2. The molecule has 0 saturated carbocycles. The van der Waals surface area contributed by atoms with Crippen molar-refractivity contribution in [2.24, 2.45) is 4.99 Å². The van der Waals surface area contributed by atoms with E-state index in [4.69, 9.17) is 16.3 Å². The lowest BCUT2D eigenvalue weighted by atomic mass is 10.1. The number of alkyl halides is 3. The summed E-state index contributed by atoms with van der Waals surface area (Å²) in [6, 6.07) is 11.3. The highest BCUT2D eigenvalue weighted by molar-refractivity contribution is 8.18. The van der Waals surface area contributed by atoms with Gasteiger partial charge in [-0.3, -0.25) is 14.6 Å². The quantitative estimate of drug-likeness (QED) is 0.182. The average molecular weight is 579 g/mol. The molecule has 1 aromatic heterocycles. The van der Waals surface area contributed by atoms with Gasteiger partial charge >= 0.3 is 12.1 Å². The first kappa shape index (κ1) is 28.1. The number of amides is 2. The summed E-state index contributed by atoms with van der Waals surface area (Å²) in [5, 5.41) is 5.49. The molecule has 202 valence electrons. The fourth-order valence-electron chi connectivity index (χ4n) is 3.36. The Morgan fingerprint density at radius 3 is 2.77 bits per heavy atom. The normalized spacial score (nSPS) is 15.6. The number of rotatable bonds is 7. The van der Waals surface area contributed by atoms with Crippen LogP contribution < -0.4 is 15.4 Å². The van der Waals surface area contributed by atoms with Gasteiger partial charge in [0.25, 0.3) is 11.8 Å². The highest BCUT2D eigenvalue weighted by Gasteiger charge is 2.42. The zero-order valence-electron chi connectivity index (χ0n) is 20.0. The maximum atomic E-state index is 13.0. The number of benzene rings is 2. The molecule has 1 fully saturated rings. The molecule has 39 heavy (non-hydrogen) atoms. The number of fused-ring (bicyclic) bond motifs is 1. The van der Waals surface area contributed by atoms with Crippen molar-refractivity contribution in [2.45, 2.75) is 6.18 Å². The number of aromatic nitrogens is 1. The van der Waals surface area contributed by atoms with Crippen LogP contribution in [0.5, 0.6) is 5.75 Å². The maximum absolute atomic E-state index is 13.0. The van der Waals surface area contributed by atoms with Gasteiger partial charge in [-0.2, -0.15) is 13.2 Å². The fraction of sp³-hybridized carbons (Fsp3) is 0.160. The minimum absolute atomic E-state index is 0.0271. The molecule has 14 heteroatoms. The van der Waals surface area contributed by atoms with Crippen LogP contribution in [0.1, 0.15) is 15.9 Å². The molecule has 2 amide bonds. The molecule has 1 aliphatic heterocycles. The van der Waals surface area contributed by atoms with Crippen LogP contribution in [0.3, 0.4) is 0 Å². The number of methoxy groups -OCH3 is 1. The van der Waals surface area contributed by atoms with E-state index in [0.717, 1.165) is 28.7 Å². The van der Waals surface area contributed by atoms with E-state index in [1.54, 1.807) is 30.5 Å². The molecule has 0 aliphatic carbocycles. The number of carbonyl (C=O) groups excluding carboxylic acids is 3. The van der Waals surface area contributed by atoms with Gasteiger partial charge in [-0.25, -0.2) is 9.79 Å². The van der Waals surface area contributed by atoms with E-state index >= 15 is 0 Å². The summed E-state index contributed by atoms with van der Waals surface area (Å²) in [5.41, 5.74) is 0.589. The molecule has 2 N–H and O–H groups in total. The second-order valence-corrected chi connectivity index (χ2v) is 9.28. The molecule has 2 aromatic carbocycles. The highest BCUT2D eigenvalue weighted by Crippen LogP contribution is 2.41. The number of nitrogens with one attached hydrogen (secondary N) is 2. The van der Waals surface area contributed by atoms with Gasteiger partial charge in [0.2, 0.25) is 0 Å². The second kappa shape index (κ2) is 11.8. The first-order valence-electron chi connectivity index (χ1n) is 11.1. The number of aliphatic imine (C=N–C) groups is 1. The predicted molar refractivity (Wildman–Crippen MR) is 140 cm³/mol. The van der Waals surface area contributed by atoms with E-state index in [1.807, 2.05) is 12.1 Å². The van der Waals surface area contributed by atoms with Crippen molar-refractivity contribution in [3.05, 3.63) is 69.7 Å². The van der Waals surface area contributed by atoms with Crippen molar-refractivity contribution < 1.29 is 37.0 Å². The van der Waals surface area contributed by atoms with Gasteiger partial charge < -0.3 is 20.1 Å². The Morgan fingerprint density at radius 1 is 1.23 bits per heavy atom. The van der Waals surface area contributed by atoms with Crippen LogP contribution in [0.2, 0.25) is 5.02 Å². The highest BCUT2D eigenvalue weighted by atomic mass is 35.5. The molecule has 0 atom stereocenters. The maximum Gasteiger partial charge on any atom is 0.491 e. The van der Waals surface area contributed by atoms with Crippen LogP contribution in [0, 0.1) is 0 Å². The lowest BCUT2D eigenvalue weighted by Crippen LogP contribution is -2.31. The Hall–Kier alpha value is -3.94. The first-order valence-corrected chi connectivity index (χ1v) is 12.3. The molecular weight excluding hydrogens is 561 g/mol. The Bertz CT molecular complexity index is 1530. The van der Waals surface area contributed by atoms with Crippen molar-refractivity contribution in [3.63, 3.8) is 0 Å². The van der Waals surface area contributed by atoms with E-state index < -0.39 is 41.0 Å². The number of nitrogens with zero attached hydrogens (tertiary/aromatic N) is 2. The topological polar surface area (TPSA) is 119 Å². The van der Waals surface area contributed by atoms with Crippen LogP contribution >= 0.6 is 23.4 Å². The molecule has 0 bridgehead atoms. The van der Waals surface area contributed by atoms with Crippen LogP contribution in [-0.2, 0) is 14.3 Å². The Morgan fingerprint density at radius 2 is 2.03 bits per heavy atom. The SMILES string of the molecule is COCCNC(=O)c1ccc(Cl)c(N=C2NC(=O)/C(=C/c3ccc4ncccc4c3)S2)c1OC(=O)C(F)(F)F. The lowest BCUT2D eigenvalue weighted by Gasteiger charge is -2.15. The van der Waals surface area contributed by atoms with Crippen LogP contribution in [0.25, 0.3) is 17.0 Å². The van der Waals surface area contributed by atoms with Gasteiger partial charge in [0, 0.05) is 25.2 Å². The number of pyridine rings is 1. The van der Waals surface area contributed by atoms with E-state index in [0.29, 0.717) is 5.56 Å². The molecule has 4 rings (SSSR count). The molecule has 2 heterocycles. The summed E-state index contributed by atoms with van der Waals surface area (Å²) in [6.45, 7) is 0.150. The number of thioether (sulfide) groups is 1. The summed E-state index contributed by atoms with van der Waals surface area (Å²) in [5.74, 6) is -4.78. The lowest BCUT2D eigenvalue weighted by molar-refractivity contribution is -0.189. The minimum atomic E-state index is -5.36. The average Bonchev–Trinajstić information content (AvgIpc) is 3.23. The standard InChI is InChI=1S/C25H18ClF3N4O5S/c1-37-10-9-31-21(34)15-5-6-16(26)19(20(15)38-23(36)25(27,28)29)32-24-33-22(35)18(39-24)12-13-4-7-17-14(11-13)3-2-8-30-17/h2-8,11-12H,9-10H2,1H3,(H,31,34)(H,32,33,35)/b18-12-. The number of amidine groups is 1. The summed E-state index contributed by atoms with van der Waals surface area (Å²) < 4.78 is 48.5. The summed E-state index contributed by atoms with van der Waals surface area (Å²) in [6.07, 6.45) is -2.11. The molecular formula is C25H18ClF3N4O5S. The van der Waals surface area contributed by atoms with E-state index in [-0.39, 0.29) is 28.2 Å². The van der Waals surface area contributed by atoms with Crippen LogP contribution in [0.15, 0.2) is 58.6 Å². The fourth-order valence-corrected chi connectivity index (χ4v) is 4.38. The van der Waals surface area contributed by atoms with Crippen LogP contribution in [-0.4, -0.2) is 54.4 Å². The molecule has 9 nitrogen and oxygen atoms in total. The molecule has 1 saturated heterocycles. The van der Waals surface area contributed by atoms with E-state index in [1.165, 1.54) is 13.2 Å². The van der Waals surface area contributed by atoms with Crippen molar-refractivity contribution in [3.8, 4) is 5.75 Å². The summed E-state index contributed by atoms with van der Waals surface area (Å²) >= 11 is 7.08. The number of carbonyl (C=O) groups is 3. The Kier molecular flexibility index (Phi) is 8.53. The molecule has 0 spiro atoms. The van der Waals surface area contributed by atoms with Gasteiger partial charge in [0.15, 0.2) is 10.9 Å². The number of hydrogen-bond acceptors (Lipinski definition) is 8. The molecule has 0 radical (unpaired) electrons. The van der Waals surface area contributed by atoms with Crippen molar-refractivity contribution in [1.82, 2.24) is 15.6 Å². The smallest absolute Gasteiger partial charge is 0.417 e. The summed E-state index contributed by atoms with van der Waals surface area (Å²) in [4.78, 5) is 45.6. The van der Waals surface area contributed by atoms with Gasteiger partial charge in [-0.1, -0.05) is 23.7 Å². The van der Waals surface area contributed by atoms with Gasteiger partial charge in [0.1, 0.15) is 5.69 Å². The zero-order valence-corrected chi connectivity index (χ0v) is 21.5. The largest absolute Gasteiger partial charge is 0.491 e. The first-order chi connectivity index (χ1) is 18.6. The van der Waals surface area contributed by atoms with Crippen LogP contribution in [0.4, 0.5) is 18.9 Å². The van der Waals surface area contributed by atoms with Crippen molar-refractivity contribution in [1.29, 1.82) is 0 Å². The Labute approximate surface area is 228 Å². The summed E-state index contributed by atoms with van der Waals surface area (Å²) in [7, 11) is 1.40. The van der Waals surface area contributed by atoms with E-state index in [9.17, 15) is 27.6 Å². The number of hydrogen-bond donors (Lipinski definition) is 2. The predicted octanol–water partition coefficient (Wildman–Crippen LogP) is 4.62. The van der Waals surface area contributed by atoms with Crippen molar-refractivity contribution >= 4 is 69.0 Å². The molecule has 1 aliphatic rings. The van der Waals surface area contributed by atoms with Crippen molar-refractivity contribution in [2.75, 3.05) is 20.3 Å². The monoisotopic (exact) mass is 578 g/mol. The number of esters is 1. The van der Waals surface area contributed by atoms with Gasteiger partial charge in [0.05, 0.1) is 27.6 Å². The Balaban J connectivity index is 1.70. The van der Waals surface area contributed by atoms with Gasteiger partial charge in [-0.15, -0.1) is 0 Å². The third-order valence-electron chi connectivity index (χ3n) is 5.13. The third kappa shape index (κ3) is 6.74. The van der Waals surface area contributed by atoms with E-state index in [2.05, 4.69) is 25.3 Å². The minimum Gasteiger partial charge on any atom is -0.417 e. The molecule has 0 unspecified atom stereocenters. The van der Waals surface area contributed by atoms with Gasteiger partial charge in [-0.05, 0) is 53.7 Å². The second-order valence-electron chi connectivity index (χ2n) is 7.85. The zero-order chi connectivity index (χ0) is 28.2. The third-order valence-corrected chi connectivity index (χ3v) is 6.35.